The lowest BCUT2D eigenvalue weighted by Crippen LogP contribution is -1.91. The Morgan fingerprint density at radius 1 is 1.64 bits per heavy atom. The van der Waals surface area contributed by atoms with E-state index in [9.17, 15) is 4.79 Å². The minimum atomic E-state index is 0.0663. The molecule has 0 atom stereocenters. The summed E-state index contributed by atoms with van der Waals surface area (Å²) in [6, 6.07) is 5.49. The van der Waals surface area contributed by atoms with Gasteiger partial charge in [0, 0.05) is 5.56 Å². The third kappa shape index (κ3) is 2.06. The third-order valence-electron chi connectivity index (χ3n) is 1.68. The van der Waals surface area contributed by atoms with Crippen LogP contribution in [0.2, 0.25) is 0 Å². The second kappa shape index (κ2) is 5.04. The molecule has 1 aromatic carbocycles. The average Bonchev–Trinajstić information content (AvgIpc) is 2.78. The zero-order valence-corrected chi connectivity index (χ0v) is 11.0. The number of rotatable bonds is 1. The highest BCUT2D eigenvalue weighted by Crippen LogP contribution is 2.23. The van der Waals surface area contributed by atoms with Gasteiger partial charge in [0.05, 0.1) is 4.70 Å². The number of benzene rings is 1. The molecule has 1 aromatic heterocycles. The van der Waals surface area contributed by atoms with Crippen molar-refractivity contribution in [3.63, 3.8) is 0 Å². The fourth-order valence-corrected chi connectivity index (χ4v) is 2.20. The van der Waals surface area contributed by atoms with E-state index in [1.807, 2.05) is 12.1 Å². The Morgan fingerprint density at radius 3 is 3.14 bits per heavy atom. The van der Waals surface area contributed by atoms with Crippen molar-refractivity contribution >= 4 is 62.4 Å². The number of carbonyl (C=O) groups is 1. The normalized spacial score (nSPS) is 10.3. The molecule has 0 bridgehead atoms. The highest BCUT2D eigenvalue weighted by molar-refractivity contribution is 14.0. The van der Waals surface area contributed by atoms with Crippen LogP contribution >= 0.6 is 47.1 Å². The van der Waals surface area contributed by atoms with Gasteiger partial charge in [0.15, 0.2) is 0 Å². The van der Waals surface area contributed by atoms with Crippen molar-refractivity contribution in [2.45, 2.75) is 0 Å². The summed E-state index contributed by atoms with van der Waals surface area (Å²) < 4.78 is 10.4. The lowest BCUT2D eigenvalue weighted by Gasteiger charge is -1.95. The van der Waals surface area contributed by atoms with Gasteiger partial charge in [-0.15, -0.1) is 28.9 Å². The number of nitrogens with zero attached hydrogens (tertiary/aromatic N) is 2. The summed E-state index contributed by atoms with van der Waals surface area (Å²) in [5.41, 5.74) is 1.50. The molecule has 0 N–H and O–H groups in total. The van der Waals surface area contributed by atoms with Crippen LogP contribution in [0.15, 0.2) is 18.2 Å². The number of hydrogen-bond donors (Lipinski definition) is 0. The van der Waals surface area contributed by atoms with Crippen molar-refractivity contribution in [1.82, 2.24) is 9.59 Å². The van der Waals surface area contributed by atoms with Gasteiger partial charge in [0.25, 0.3) is 0 Å². The molecule has 1 heterocycles. The molecular weight excluding hydrogens is 331 g/mol. The number of aromatic nitrogens is 2. The predicted octanol–water partition coefficient (Wildman–Crippen LogP) is 2.81. The molecule has 6 heteroatoms. The largest absolute Gasteiger partial charge is 0.282 e. The standard InChI is InChI=1S/C8H6N2OS2.HI/c1-12-8(11)5-3-2-4-6-7(5)13-10-9-6;/h2-4H,1H3;1H/i/hD. The van der Waals surface area contributed by atoms with Gasteiger partial charge in [-0.05, 0) is 29.9 Å². The minimum Gasteiger partial charge on any atom is -0.282 e. The van der Waals surface area contributed by atoms with Crippen molar-refractivity contribution in [2.75, 3.05) is 6.26 Å². The Hall–Kier alpha value is -0.210. The number of fused-ring (bicyclic) bond motifs is 1. The molecule has 0 spiro atoms. The molecule has 0 saturated heterocycles. The summed E-state index contributed by atoms with van der Waals surface area (Å²) in [6.07, 6.45) is 1.77. The van der Waals surface area contributed by atoms with Gasteiger partial charge in [0.2, 0.25) is 5.12 Å². The quantitative estimate of drug-likeness (QED) is 0.750. The summed E-state index contributed by atoms with van der Waals surface area (Å²) >= 11 is 3.87. The van der Waals surface area contributed by atoms with E-state index in [-0.39, 0.29) is 5.12 Å². The smallest absolute Gasteiger partial charge is 0.220 e. The molecule has 0 aliphatic carbocycles. The molecule has 0 amide bonds. The maximum atomic E-state index is 11.4. The number of thioether (sulfide) groups is 1. The monoisotopic (exact) mass is 339 g/mol. The van der Waals surface area contributed by atoms with E-state index in [2.05, 4.69) is 9.59 Å². The van der Waals surface area contributed by atoms with E-state index < -0.39 is 0 Å². The molecule has 74 valence electrons. The van der Waals surface area contributed by atoms with Crippen LogP contribution < -0.4 is 0 Å². The summed E-state index contributed by atoms with van der Waals surface area (Å²) in [5.74, 6) is 0. The Kier molecular flexibility index (Phi) is 3.71. The molecule has 0 aliphatic rings. The molecule has 0 radical (unpaired) electrons. The van der Waals surface area contributed by atoms with Gasteiger partial charge in [-0.3, -0.25) is 4.79 Å². The fraction of sp³-hybridized carbons (Fsp3) is 0.125. The van der Waals surface area contributed by atoms with Crippen LogP contribution in [-0.2, 0) is 0 Å². The number of hydrogen-bond acceptors (Lipinski definition) is 5. The molecule has 2 aromatic rings. The third-order valence-corrected chi connectivity index (χ3v) is 3.05. The highest BCUT2D eigenvalue weighted by atomic mass is 127. The van der Waals surface area contributed by atoms with Crippen LogP contribution in [0.25, 0.3) is 10.2 Å². The first kappa shape index (κ1) is 10.3. The van der Waals surface area contributed by atoms with Crippen LogP contribution in [0.4, 0.5) is 0 Å². The van der Waals surface area contributed by atoms with Crippen molar-refractivity contribution in [3.05, 3.63) is 23.8 Å². The maximum Gasteiger partial charge on any atom is 0.220 e. The van der Waals surface area contributed by atoms with Gasteiger partial charge in [0.1, 0.15) is 6.11 Å². The predicted molar refractivity (Wildman–Crippen MR) is 70.7 cm³/mol. The summed E-state index contributed by atoms with van der Waals surface area (Å²) in [4.78, 5) is 11.4. The molecule has 0 aliphatic heterocycles. The van der Waals surface area contributed by atoms with E-state index in [0.29, 0.717) is 5.56 Å². The van der Waals surface area contributed by atoms with E-state index in [0.717, 1.165) is 10.2 Å². The van der Waals surface area contributed by atoms with E-state index in [4.69, 9.17) is 0.594 Å². The first-order valence-electron chi connectivity index (χ1n) is 4.00. The van der Waals surface area contributed by atoms with Crippen molar-refractivity contribution in [1.29, 1.82) is 0.594 Å². The molecule has 0 saturated carbocycles. The molecule has 14 heavy (non-hydrogen) atoms. The average molecular weight is 339 g/mol. The summed E-state index contributed by atoms with van der Waals surface area (Å²) in [7, 11) is 0. The van der Waals surface area contributed by atoms with Crippen LogP contribution in [0.3, 0.4) is 0 Å². The molecule has 2 rings (SSSR count). The van der Waals surface area contributed by atoms with E-state index in [1.54, 1.807) is 12.3 Å². The Bertz CT molecular complexity index is 463. The molecule has 0 unspecified atom stereocenters. The van der Waals surface area contributed by atoms with Crippen LogP contribution in [0, 0.1) is 0 Å². The SMILES string of the molecule is CSC(=O)c1cccc2nnsc12.[2H]I. The van der Waals surface area contributed by atoms with Gasteiger partial charge in [-0.2, -0.15) is 0 Å². The van der Waals surface area contributed by atoms with Gasteiger partial charge >= 0.3 is 0 Å². The molecular formula is C8H7IN2OS2. The zero-order chi connectivity index (χ0) is 11.3. The lowest BCUT2D eigenvalue weighted by molar-refractivity contribution is 0.109. The summed E-state index contributed by atoms with van der Waals surface area (Å²) in [6.45, 7) is 0. The maximum absolute atomic E-state index is 11.4. The van der Waals surface area contributed by atoms with Crippen LogP contribution in [0.1, 0.15) is 10.4 Å². The zero-order valence-electron chi connectivity index (χ0n) is 8.23. The minimum absolute atomic E-state index is 0.0663. The van der Waals surface area contributed by atoms with Gasteiger partial charge in [-0.1, -0.05) is 22.3 Å². The molecule has 3 nitrogen and oxygen atoms in total. The topological polar surface area (TPSA) is 42.9 Å². The van der Waals surface area contributed by atoms with Crippen LogP contribution in [-0.4, -0.2) is 21.6 Å². The Balaban J connectivity index is 0.000000531. The number of carbonyl (C=O) groups excluding carboxylic acids is 1. The van der Waals surface area contributed by atoms with Crippen molar-refractivity contribution in [2.24, 2.45) is 0 Å². The van der Waals surface area contributed by atoms with Crippen LogP contribution in [0.5, 0.6) is 0 Å². The fourth-order valence-electron chi connectivity index (χ4n) is 1.08. The van der Waals surface area contributed by atoms with Gasteiger partial charge in [-0.25, -0.2) is 0 Å². The van der Waals surface area contributed by atoms with Crippen molar-refractivity contribution in [3.8, 4) is 0 Å². The van der Waals surface area contributed by atoms with Gasteiger partial charge < -0.3 is 0 Å². The summed E-state index contributed by atoms with van der Waals surface area (Å²) in [5, 5.41) is 3.97. The first-order chi connectivity index (χ1) is 7.33. The Morgan fingerprint density at radius 2 is 2.43 bits per heavy atom. The number of halogens is 1. The second-order valence-corrected chi connectivity index (χ2v) is 3.95. The van der Waals surface area contributed by atoms with E-state index >= 15 is 0 Å². The van der Waals surface area contributed by atoms with Crippen molar-refractivity contribution < 1.29 is 4.79 Å². The highest BCUT2D eigenvalue weighted by Gasteiger charge is 2.10. The Labute approximate surface area is 107 Å². The lowest BCUT2D eigenvalue weighted by atomic mass is 10.2. The second-order valence-electron chi connectivity index (χ2n) is 2.42. The first-order valence-corrected chi connectivity index (χ1v) is 5.62. The molecule has 0 fully saturated rings. The van der Waals surface area contributed by atoms with E-state index in [1.165, 1.54) is 47.1 Å².